The number of carbonyl (C=O) groups excluding carboxylic acids is 1. The molecule has 2 N–H and O–H groups in total. The molecule has 0 aromatic heterocycles. The standard InChI is InChI=1S/C23H27Cl2NO6.CH4O3S/c1-29-19-11-15(12-20(30-2)21(19)31-3)22(28)26-8-4-10-32-23(14-26,7-9-27)16-5-6-17(24)18(25)13-16;1-5(2,3)4/h5-6,11-13,27H,4,7-10,14H2,1-3H3;1H3,(H,2,3,4)/t23-;/m0./s1. The maximum Gasteiger partial charge on any atom is 0.261 e. The topological polar surface area (TPSA) is 132 Å². The minimum absolute atomic E-state index is 0.119. The summed E-state index contributed by atoms with van der Waals surface area (Å²) in [5.41, 5.74) is 0.231. The normalized spacial score (nSPS) is 17.8. The second-order valence-corrected chi connectivity index (χ2v) is 10.5. The summed E-state index contributed by atoms with van der Waals surface area (Å²) in [4.78, 5) is 15.3. The molecule has 1 amide bonds. The third-order valence-corrected chi connectivity index (χ3v) is 6.30. The summed E-state index contributed by atoms with van der Waals surface area (Å²) in [6.45, 7) is 1.04. The number of hydrogen-bond acceptors (Lipinski definition) is 8. The van der Waals surface area contributed by atoms with Crippen molar-refractivity contribution in [2.75, 3.05) is 53.9 Å². The Kier molecular flexibility index (Phi) is 11.3. The van der Waals surface area contributed by atoms with Crippen molar-refractivity contribution in [3.63, 3.8) is 0 Å². The molecule has 13 heteroatoms. The Bertz CT molecular complexity index is 1160. The number of aliphatic hydroxyl groups is 1. The average Bonchev–Trinajstić information content (AvgIpc) is 3.07. The fourth-order valence-corrected chi connectivity index (χ4v) is 4.24. The molecular weight excluding hydrogens is 549 g/mol. The third kappa shape index (κ3) is 8.36. The van der Waals surface area contributed by atoms with Crippen molar-refractivity contribution < 1.29 is 41.8 Å². The molecule has 1 aliphatic heterocycles. The van der Waals surface area contributed by atoms with E-state index in [1.807, 2.05) is 6.07 Å². The van der Waals surface area contributed by atoms with Gasteiger partial charge in [0.25, 0.3) is 16.0 Å². The average molecular weight is 580 g/mol. The molecule has 1 aliphatic rings. The number of rotatable bonds is 7. The molecule has 0 unspecified atom stereocenters. The molecule has 37 heavy (non-hydrogen) atoms. The molecule has 2 aromatic carbocycles. The largest absolute Gasteiger partial charge is 0.493 e. The van der Waals surface area contributed by atoms with Gasteiger partial charge in [-0.15, -0.1) is 0 Å². The van der Waals surface area contributed by atoms with E-state index < -0.39 is 15.7 Å². The molecule has 1 fully saturated rings. The summed E-state index contributed by atoms with van der Waals surface area (Å²) >= 11 is 12.4. The van der Waals surface area contributed by atoms with Gasteiger partial charge in [0.05, 0.1) is 44.2 Å². The van der Waals surface area contributed by atoms with Crippen molar-refractivity contribution in [1.29, 1.82) is 0 Å². The highest BCUT2D eigenvalue weighted by Crippen LogP contribution is 2.40. The molecule has 0 saturated carbocycles. The Morgan fingerprint density at radius 2 is 1.68 bits per heavy atom. The maximum atomic E-state index is 13.5. The van der Waals surface area contributed by atoms with Crippen LogP contribution in [0.3, 0.4) is 0 Å². The van der Waals surface area contributed by atoms with Gasteiger partial charge in [-0.05, 0) is 36.2 Å². The van der Waals surface area contributed by atoms with Gasteiger partial charge in [-0.3, -0.25) is 9.35 Å². The van der Waals surface area contributed by atoms with Crippen LogP contribution in [-0.4, -0.2) is 82.8 Å². The molecular formula is C24H31Cl2NO9S. The summed E-state index contributed by atoms with van der Waals surface area (Å²) in [5.74, 6) is 0.994. The first-order chi connectivity index (χ1) is 17.4. The van der Waals surface area contributed by atoms with E-state index >= 15 is 0 Å². The van der Waals surface area contributed by atoms with Crippen molar-refractivity contribution in [2.45, 2.75) is 18.4 Å². The fraction of sp³-hybridized carbons (Fsp3) is 0.458. The van der Waals surface area contributed by atoms with E-state index in [4.69, 9.17) is 46.7 Å². The first-order valence-corrected chi connectivity index (χ1v) is 13.7. The lowest BCUT2D eigenvalue weighted by Gasteiger charge is -2.36. The monoisotopic (exact) mass is 579 g/mol. The molecule has 0 aliphatic carbocycles. The SMILES string of the molecule is COc1cc(C(=O)N2CCCO[C@](CCO)(c3ccc(Cl)c(Cl)c3)C2)cc(OC)c1OC.CS(=O)(=O)O. The van der Waals surface area contributed by atoms with Crippen LogP contribution in [0.15, 0.2) is 30.3 Å². The second kappa shape index (κ2) is 13.5. The molecule has 1 atom stereocenters. The van der Waals surface area contributed by atoms with Crippen LogP contribution in [0.1, 0.15) is 28.8 Å². The van der Waals surface area contributed by atoms with E-state index in [1.165, 1.54) is 21.3 Å². The van der Waals surface area contributed by atoms with Crippen molar-refractivity contribution >= 4 is 39.2 Å². The number of aliphatic hydroxyl groups excluding tert-OH is 1. The van der Waals surface area contributed by atoms with Gasteiger partial charge < -0.3 is 29.0 Å². The minimum atomic E-state index is -3.67. The van der Waals surface area contributed by atoms with Crippen molar-refractivity contribution in [2.24, 2.45) is 0 Å². The Hall–Kier alpha value is -2.28. The number of carbonyl (C=O) groups is 1. The zero-order valence-corrected chi connectivity index (χ0v) is 23.3. The van der Waals surface area contributed by atoms with Gasteiger partial charge in [0.1, 0.15) is 5.60 Å². The van der Waals surface area contributed by atoms with Crippen molar-refractivity contribution in [3.05, 3.63) is 51.5 Å². The first kappa shape index (κ1) is 30.9. The maximum absolute atomic E-state index is 13.5. The Balaban J connectivity index is 0.000000877. The highest BCUT2D eigenvalue weighted by atomic mass is 35.5. The second-order valence-electron chi connectivity index (χ2n) is 8.17. The van der Waals surface area contributed by atoms with Crippen LogP contribution < -0.4 is 14.2 Å². The number of hydrogen-bond donors (Lipinski definition) is 2. The third-order valence-electron chi connectivity index (χ3n) is 5.56. The van der Waals surface area contributed by atoms with E-state index in [0.717, 1.165) is 5.56 Å². The number of nitrogens with zero attached hydrogens (tertiary/aromatic N) is 1. The Morgan fingerprint density at radius 1 is 1.08 bits per heavy atom. The molecule has 3 rings (SSSR count). The lowest BCUT2D eigenvalue weighted by Crippen LogP contribution is -2.44. The van der Waals surface area contributed by atoms with Crippen molar-refractivity contribution in [1.82, 2.24) is 4.90 Å². The number of halogens is 2. The molecule has 0 bridgehead atoms. The Morgan fingerprint density at radius 3 is 2.16 bits per heavy atom. The number of methoxy groups -OCH3 is 3. The molecule has 0 spiro atoms. The van der Waals surface area contributed by atoms with Gasteiger partial charge >= 0.3 is 0 Å². The predicted octanol–water partition coefficient (Wildman–Crippen LogP) is 3.66. The molecule has 1 heterocycles. The van der Waals surface area contributed by atoms with Gasteiger partial charge in [-0.25, -0.2) is 0 Å². The summed E-state index contributed by atoms with van der Waals surface area (Å²) in [7, 11) is 0.845. The van der Waals surface area contributed by atoms with Crippen LogP contribution in [0.2, 0.25) is 10.0 Å². The van der Waals surface area contributed by atoms with Crippen LogP contribution >= 0.6 is 23.2 Å². The van der Waals surface area contributed by atoms with Crippen LogP contribution in [0.25, 0.3) is 0 Å². The van der Waals surface area contributed by atoms with Crippen molar-refractivity contribution in [3.8, 4) is 17.2 Å². The van der Waals surface area contributed by atoms with Crippen LogP contribution in [0.4, 0.5) is 0 Å². The van der Waals surface area contributed by atoms with Gasteiger partial charge in [0.2, 0.25) is 5.75 Å². The number of amides is 1. The van der Waals surface area contributed by atoms with Crippen LogP contribution in [-0.2, 0) is 20.5 Å². The predicted molar refractivity (Wildman–Crippen MR) is 140 cm³/mol. The van der Waals surface area contributed by atoms with Crippen LogP contribution in [0.5, 0.6) is 17.2 Å². The lowest BCUT2D eigenvalue weighted by atomic mass is 9.89. The zero-order valence-electron chi connectivity index (χ0n) is 21.0. The summed E-state index contributed by atoms with van der Waals surface area (Å²) < 4.78 is 48.2. The van der Waals surface area contributed by atoms with E-state index in [-0.39, 0.29) is 19.1 Å². The minimum Gasteiger partial charge on any atom is -0.493 e. The summed E-state index contributed by atoms with van der Waals surface area (Å²) in [6.07, 6.45) is 1.65. The van der Waals surface area contributed by atoms with Gasteiger partial charge in [0, 0.05) is 31.7 Å². The van der Waals surface area contributed by atoms with Gasteiger partial charge in [0.15, 0.2) is 11.5 Å². The van der Waals surface area contributed by atoms with Crippen LogP contribution in [0, 0.1) is 0 Å². The molecule has 206 valence electrons. The van der Waals surface area contributed by atoms with E-state index in [2.05, 4.69) is 0 Å². The first-order valence-electron chi connectivity index (χ1n) is 11.1. The smallest absolute Gasteiger partial charge is 0.261 e. The number of benzene rings is 2. The highest BCUT2D eigenvalue weighted by molar-refractivity contribution is 7.85. The van der Waals surface area contributed by atoms with Gasteiger partial charge in [-0.2, -0.15) is 8.42 Å². The lowest BCUT2D eigenvalue weighted by molar-refractivity contribution is -0.0635. The highest BCUT2D eigenvalue weighted by Gasteiger charge is 2.39. The molecule has 10 nitrogen and oxygen atoms in total. The quantitative estimate of drug-likeness (QED) is 0.471. The van der Waals surface area contributed by atoms with Gasteiger partial charge in [-0.1, -0.05) is 29.3 Å². The fourth-order valence-electron chi connectivity index (χ4n) is 3.95. The molecule has 1 saturated heterocycles. The summed E-state index contributed by atoms with van der Waals surface area (Å²) in [6, 6.07) is 8.49. The van der Waals surface area contributed by atoms with E-state index in [0.29, 0.717) is 65.1 Å². The Labute approximate surface area is 226 Å². The van der Waals surface area contributed by atoms with E-state index in [9.17, 15) is 18.3 Å². The molecule has 0 radical (unpaired) electrons. The van der Waals surface area contributed by atoms with E-state index in [1.54, 1.807) is 29.2 Å². The zero-order chi connectivity index (χ0) is 27.8. The molecule has 2 aromatic rings. The number of ether oxygens (including phenoxy) is 4. The summed E-state index contributed by atoms with van der Waals surface area (Å²) in [5, 5.41) is 10.6.